The molecule has 0 aliphatic carbocycles. The topological polar surface area (TPSA) is 91.4 Å². The van der Waals surface area contributed by atoms with E-state index in [1.807, 2.05) is 16.7 Å². The highest BCUT2D eigenvalue weighted by Gasteiger charge is 2.12. The fraction of sp³-hybridized carbons (Fsp3) is 0.235. The number of carbonyl (C=O) groups excluding carboxylic acids is 1. The number of ether oxygens (including phenoxy) is 2. The van der Waals surface area contributed by atoms with Crippen LogP contribution in [0.5, 0.6) is 11.5 Å². The quantitative estimate of drug-likeness (QED) is 0.606. The molecular weight excluding hydrogens is 356 g/mol. The van der Waals surface area contributed by atoms with E-state index in [-0.39, 0.29) is 11.7 Å². The molecule has 3 rings (SSSR count). The summed E-state index contributed by atoms with van der Waals surface area (Å²) < 4.78 is 17.6. The van der Waals surface area contributed by atoms with Crippen molar-refractivity contribution >= 4 is 23.4 Å². The van der Waals surface area contributed by atoms with Crippen LogP contribution in [0.3, 0.4) is 0 Å². The highest BCUT2D eigenvalue weighted by Crippen LogP contribution is 2.29. The molecule has 26 heavy (non-hydrogen) atoms. The van der Waals surface area contributed by atoms with Gasteiger partial charge in [0, 0.05) is 6.07 Å². The molecule has 2 heterocycles. The lowest BCUT2D eigenvalue weighted by Crippen LogP contribution is -2.15. The first-order valence-electron chi connectivity index (χ1n) is 7.74. The van der Waals surface area contributed by atoms with Gasteiger partial charge >= 0.3 is 0 Å². The van der Waals surface area contributed by atoms with Crippen LogP contribution in [0.25, 0.3) is 0 Å². The zero-order valence-corrected chi connectivity index (χ0v) is 15.2. The average Bonchev–Trinajstić information content (AvgIpc) is 3.32. The fourth-order valence-electron chi connectivity index (χ4n) is 2.25. The zero-order chi connectivity index (χ0) is 18.4. The van der Waals surface area contributed by atoms with Gasteiger partial charge in [0.05, 0.1) is 38.5 Å². The van der Waals surface area contributed by atoms with Crippen molar-refractivity contribution in [3.8, 4) is 11.5 Å². The van der Waals surface area contributed by atoms with Gasteiger partial charge in [-0.3, -0.25) is 4.79 Å². The normalized spacial score (nSPS) is 10.5. The van der Waals surface area contributed by atoms with Crippen molar-refractivity contribution in [3.63, 3.8) is 0 Å². The molecule has 0 bridgehead atoms. The summed E-state index contributed by atoms with van der Waals surface area (Å²) in [5.74, 6) is 1.99. The van der Waals surface area contributed by atoms with Crippen LogP contribution in [0.2, 0.25) is 0 Å². The number of carbonyl (C=O) groups is 1. The third-order valence-electron chi connectivity index (χ3n) is 3.50. The van der Waals surface area contributed by atoms with Crippen molar-refractivity contribution in [2.75, 3.05) is 25.3 Å². The van der Waals surface area contributed by atoms with E-state index in [0.717, 1.165) is 5.76 Å². The summed E-state index contributed by atoms with van der Waals surface area (Å²) in [5, 5.41) is 11.4. The number of hydrogen-bond donors (Lipinski definition) is 1. The Balaban J connectivity index is 1.59. The van der Waals surface area contributed by atoms with E-state index in [1.165, 1.54) is 18.9 Å². The van der Waals surface area contributed by atoms with Crippen LogP contribution in [-0.2, 0) is 11.3 Å². The molecule has 0 spiro atoms. The number of nitrogens with one attached hydrogen (secondary N) is 1. The number of nitrogens with zero attached hydrogens (tertiary/aromatic N) is 3. The van der Waals surface area contributed by atoms with Crippen LogP contribution in [-0.4, -0.2) is 40.6 Å². The molecule has 1 amide bonds. The van der Waals surface area contributed by atoms with E-state index in [9.17, 15) is 4.79 Å². The molecule has 0 aliphatic rings. The number of benzene rings is 1. The van der Waals surface area contributed by atoms with Crippen molar-refractivity contribution in [1.82, 2.24) is 14.8 Å². The summed E-state index contributed by atoms with van der Waals surface area (Å²) >= 11 is 1.29. The van der Waals surface area contributed by atoms with Crippen LogP contribution < -0.4 is 14.8 Å². The number of rotatable bonds is 8. The van der Waals surface area contributed by atoms with E-state index in [4.69, 9.17) is 13.9 Å². The van der Waals surface area contributed by atoms with Crippen molar-refractivity contribution in [2.45, 2.75) is 11.7 Å². The molecule has 0 atom stereocenters. The summed E-state index contributed by atoms with van der Waals surface area (Å²) in [6, 6.07) is 8.90. The second kappa shape index (κ2) is 8.43. The lowest BCUT2D eigenvalue weighted by atomic mass is 10.2. The lowest BCUT2D eigenvalue weighted by molar-refractivity contribution is -0.113. The maximum Gasteiger partial charge on any atom is 0.234 e. The standard InChI is InChI=1S/C17H18N4O4S/c1-23-12-5-6-14(15(8-12)24-2)19-16(22)10-26-17-20-18-11-21(17)9-13-4-3-7-25-13/h3-8,11H,9-10H2,1-2H3,(H,19,22). The van der Waals surface area contributed by atoms with Gasteiger partial charge in [-0.25, -0.2) is 0 Å². The molecule has 1 aromatic carbocycles. The van der Waals surface area contributed by atoms with E-state index in [0.29, 0.717) is 28.9 Å². The Kier molecular flexibility index (Phi) is 5.80. The third kappa shape index (κ3) is 4.37. The predicted octanol–water partition coefficient (Wildman–Crippen LogP) is 2.67. The molecule has 0 radical (unpaired) electrons. The molecule has 0 unspecified atom stereocenters. The van der Waals surface area contributed by atoms with Gasteiger partial charge in [-0.05, 0) is 24.3 Å². The van der Waals surface area contributed by atoms with Crippen LogP contribution in [0.15, 0.2) is 52.5 Å². The Morgan fingerprint density at radius 2 is 2.19 bits per heavy atom. The summed E-state index contributed by atoms with van der Waals surface area (Å²) in [6.07, 6.45) is 3.22. The second-order valence-corrected chi connectivity index (χ2v) is 6.17. The summed E-state index contributed by atoms with van der Waals surface area (Å²) in [6.45, 7) is 0.510. The van der Waals surface area contributed by atoms with Gasteiger partial charge in [0.25, 0.3) is 0 Å². The van der Waals surface area contributed by atoms with Gasteiger partial charge in [-0.2, -0.15) is 0 Å². The van der Waals surface area contributed by atoms with Gasteiger partial charge in [-0.1, -0.05) is 11.8 Å². The van der Waals surface area contributed by atoms with Crippen molar-refractivity contribution in [2.24, 2.45) is 0 Å². The highest BCUT2D eigenvalue weighted by atomic mass is 32.2. The van der Waals surface area contributed by atoms with Crippen LogP contribution >= 0.6 is 11.8 Å². The van der Waals surface area contributed by atoms with E-state index in [1.54, 1.807) is 37.9 Å². The molecule has 0 fully saturated rings. The molecule has 0 aliphatic heterocycles. The highest BCUT2D eigenvalue weighted by molar-refractivity contribution is 7.99. The second-order valence-electron chi connectivity index (χ2n) is 5.22. The number of aromatic nitrogens is 3. The van der Waals surface area contributed by atoms with Crippen LogP contribution in [0.1, 0.15) is 5.76 Å². The van der Waals surface area contributed by atoms with Crippen molar-refractivity contribution < 1.29 is 18.7 Å². The summed E-state index contributed by atoms with van der Waals surface area (Å²) in [7, 11) is 3.11. The van der Waals surface area contributed by atoms with Crippen molar-refractivity contribution in [3.05, 3.63) is 48.7 Å². The van der Waals surface area contributed by atoms with E-state index < -0.39 is 0 Å². The predicted molar refractivity (Wildman–Crippen MR) is 96.7 cm³/mol. The number of furan rings is 1. The Labute approximate surface area is 154 Å². The van der Waals surface area contributed by atoms with Gasteiger partial charge in [-0.15, -0.1) is 10.2 Å². The monoisotopic (exact) mass is 374 g/mol. The van der Waals surface area contributed by atoms with Gasteiger partial charge in [0.2, 0.25) is 5.91 Å². The van der Waals surface area contributed by atoms with Crippen LogP contribution in [0, 0.1) is 0 Å². The van der Waals surface area contributed by atoms with Gasteiger partial charge in [0.1, 0.15) is 23.6 Å². The molecule has 8 nitrogen and oxygen atoms in total. The summed E-state index contributed by atoms with van der Waals surface area (Å²) in [4.78, 5) is 12.3. The smallest absolute Gasteiger partial charge is 0.234 e. The van der Waals surface area contributed by atoms with Crippen molar-refractivity contribution in [1.29, 1.82) is 0 Å². The first kappa shape index (κ1) is 17.9. The maximum absolute atomic E-state index is 12.3. The number of hydrogen-bond acceptors (Lipinski definition) is 7. The largest absolute Gasteiger partial charge is 0.497 e. The molecule has 3 aromatic rings. The molecule has 0 saturated carbocycles. The minimum Gasteiger partial charge on any atom is -0.497 e. The first-order chi connectivity index (χ1) is 12.7. The Hall–Kier alpha value is -2.94. The van der Waals surface area contributed by atoms with Gasteiger partial charge < -0.3 is 23.8 Å². The molecular formula is C17H18N4O4S. The Morgan fingerprint density at radius 3 is 2.92 bits per heavy atom. The fourth-order valence-corrected chi connectivity index (χ4v) is 2.97. The van der Waals surface area contributed by atoms with Crippen LogP contribution in [0.4, 0.5) is 5.69 Å². The molecule has 136 valence electrons. The number of thioether (sulfide) groups is 1. The molecule has 1 N–H and O–H groups in total. The Bertz CT molecular complexity index is 864. The third-order valence-corrected chi connectivity index (χ3v) is 4.48. The first-order valence-corrected chi connectivity index (χ1v) is 8.73. The molecule has 2 aromatic heterocycles. The molecule has 9 heteroatoms. The van der Waals surface area contributed by atoms with E-state index in [2.05, 4.69) is 15.5 Å². The SMILES string of the molecule is COc1ccc(NC(=O)CSc2nncn2Cc2ccco2)c(OC)c1. The molecule has 0 saturated heterocycles. The average molecular weight is 374 g/mol. The zero-order valence-electron chi connectivity index (χ0n) is 14.3. The van der Waals surface area contributed by atoms with Gasteiger partial charge in [0.15, 0.2) is 5.16 Å². The minimum atomic E-state index is -0.175. The number of anilines is 1. The maximum atomic E-state index is 12.3. The Morgan fingerprint density at radius 1 is 1.31 bits per heavy atom. The number of methoxy groups -OCH3 is 2. The number of amides is 1. The summed E-state index contributed by atoms with van der Waals surface area (Å²) in [5.41, 5.74) is 0.580. The van der Waals surface area contributed by atoms with E-state index >= 15 is 0 Å². The minimum absolute atomic E-state index is 0.175. The lowest BCUT2D eigenvalue weighted by Gasteiger charge is -2.11.